The number of hydrogen-bond donors (Lipinski definition) is 0. The number of halogens is 1. The van der Waals surface area contributed by atoms with Crippen molar-refractivity contribution in [1.29, 1.82) is 0 Å². The van der Waals surface area contributed by atoms with Gasteiger partial charge in [0.05, 0.1) is 17.0 Å². The van der Waals surface area contributed by atoms with E-state index >= 15 is 0 Å². The number of aromatic nitrogens is 3. The molecule has 0 N–H and O–H groups in total. The number of sulfone groups is 1. The molecule has 1 unspecified atom stereocenters. The Morgan fingerprint density at radius 1 is 1.27 bits per heavy atom. The molecule has 0 saturated carbocycles. The van der Waals surface area contributed by atoms with Gasteiger partial charge in [-0.3, -0.25) is 4.98 Å². The van der Waals surface area contributed by atoms with Crippen molar-refractivity contribution >= 4 is 44.1 Å². The molecule has 6 nitrogen and oxygen atoms in total. The second-order valence-corrected chi connectivity index (χ2v) is 9.89. The van der Waals surface area contributed by atoms with Crippen molar-refractivity contribution in [2.24, 2.45) is 5.92 Å². The Morgan fingerprint density at radius 2 is 2.15 bits per heavy atom. The van der Waals surface area contributed by atoms with Gasteiger partial charge >= 0.3 is 0 Å². The summed E-state index contributed by atoms with van der Waals surface area (Å²) in [7, 11) is -2.89. The second kappa shape index (κ2) is 7.17. The maximum absolute atomic E-state index is 11.5. The van der Waals surface area contributed by atoms with Crippen LogP contribution in [0, 0.1) is 5.92 Å². The van der Waals surface area contributed by atoms with Crippen molar-refractivity contribution < 1.29 is 12.8 Å². The van der Waals surface area contributed by atoms with Crippen molar-refractivity contribution in [1.82, 2.24) is 15.2 Å². The third kappa shape index (κ3) is 3.87. The van der Waals surface area contributed by atoms with Crippen LogP contribution in [0.25, 0.3) is 10.9 Å². The Bertz CT molecular complexity index is 1050. The predicted octanol–water partition coefficient (Wildman–Crippen LogP) is 3.54. The molecule has 1 fully saturated rings. The zero-order valence-corrected chi connectivity index (χ0v) is 16.1. The number of thioether (sulfide) groups is 1. The molecule has 1 aliphatic heterocycles. The minimum atomic E-state index is -2.89. The predicted molar refractivity (Wildman–Crippen MR) is 101 cm³/mol. The molecule has 1 aliphatic rings. The largest absolute Gasteiger partial charge is 0.416 e. The molecule has 3 heterocycles. The Balaban J connectivity index is 1.43. The SMILES string of the molecule is O=S1(=O)CCC(Cc2nnc(SCc3ccc(Cl)c4cccnc34)o2)C1. The molecular weight excluding hydrogens is 394 g/mol. The lowest BCUT2D eigenvalue weighted by Gasteiger charge is -2.05. The number of hydrogen-bond acceptors (Lipinski definition) is 7. The van der Waals surface area contributed by atoms with Crippen LogP contribution in [0.15, 0.2) is 40.1 Å². The van der Waals surface area contributed by atoms with Gasteiger partial charge in [0.2, 0.25) is 5.89 Å². The van der Waals surface area contributed by atoms with E-state index in [1.165, 1.54) is 11.8 Å². The fourth-order valence-electron chi connectivity index (χ4n) is 3.11. The van der Waals surface area contributed by atoms with E-state index in [2.05, 4.69) is 15.2 Å². The third-order valence-corrected chi connectivity index (χ3v) is 7.42. The maximum atomic E-state index is 11.5. The van der Waals surface area contributed by atoms with Crippen molar-refractivity contribution in [3.05, 3.63) is 46.9 Å². The molecule has 4 rings (SSSR count). The Hall–Kier alpha value is -1.64. The zero-order chi connectivity index (χ0) is 18.1. The first-order chi connectivity index (χ1) is 12.5. The second-order valence-electron chi connectivity index (χ2n) is 6.33. The number of nitrogens with zero attached hydrogens (tertiary/aromatic N) is 3. The molecule has 2 aromatic heterocycles. The third-order valence-electron chi connectivity index (χ3n) is 4.39. The molecule has 1 atom stereocenters. The number of rotatable bonds is 5. The lowest BCUT2D eigenvalue weighted by molar-refractivity contribution is 0.389. The topological polar surface area (TPSA) is 86.0 Å². The van der Waals surface area contributed by atoms with Gasteiger partial charge in [-0.15, -0.1) is 10.2 Å². The van der Waals surface area contributed by atoms with Crippen LogP contribution < -0.4 is 0 Å². The lowest BCUT2D eigenvalue weighted by Crippen LogP contribution is -2.07. The molecule has 0 radical (unpaired) electrons. The summed E-state index contributed by atoms with van der Waals surface area (Å²) in [4.78, 5) is 4.42. The monoisotopic (exact) mass is 409 g/mol. The molecular formula is C17H16ClN3O3S2. The van der Waals surface area contributed by atoms with E-state index in [4.69, 9.17) is 16.0 Å². The summed E-state index contributed by atoms with van der Waals surface area (Å²) in [6.45, 7) is 0. The highest BCUT2D eigenvalue weighted by Crippen LogP contribution is 2.30. The minimum Gasteiger partial charge on any atom is -0.416 e. The van der Waals surface area contributed by atoms with Crippen molar-refractivity contribution in [2.45, 2.75) is 23.8 Å². The fourth-order valence-corrected chi connectivity index (χ4v) is 5.95. The average molecular weight is 410 g/mol. The number of benzene rings is 1. The van der Waals surface area contributed by atoms with E-state index in [9.17, 15) is 8.42 Å². The molecule has 0 bridgehead atoms. The van der Waals surface area contributed by atoms with Crippen LogP contribution in [0.3, 0.4) is 0 Å². The van der Waals surface area contributed by atoms with Crippen molar-refractivity contribution in [3.63, 3.8) is 0 Å². The molecule has 1 aromatic carbocycles. The highest BCUT2D eigenvalue weighted by atomic mass is 35.5. The van der Waals surface area contributed by atoms with Crippen LogP contribution in [0.1, 0.15) is 17.9 Å². The highest BCUT2D eigenvalue weighted by molar-refractivity contribution is 7.98. The lowest BCUT2D eigenvalue weighted by atomic mass is 10.1. The highest BCUT2D eigenvalue weighted by Gasteiger charge is 2.29. The Morgan fingerprint density at radius 3 is 2.96 bits per heavy atom. The Kier molecular flexibility index (Phi) is 4.90. The van der Waals surface area contributed by atoms with Gasteiger partial charge in [-0.05, 0) is 36.1 Å². The van der Waals surface area contributed by atoms with Crippen molar-refractivity contribution in [3.8, 4) is 0 Å². The van der Waals surface area contributed by atoms with Gasteiger partial charge < -0.3 is 4.42 Å². The number of pyridine rings is 1. The number of fused-ring (bicyclic) bond motifs is 1. The van der Waals surface area contributed by atoms with E-state index in [1.54, 1.807) is 6.20 Å². The quantitative estimate of drug-likeness (QED) is 0.595. The van der Waals surface area contributed by atoms with Crippen LogP contribution in [0.4, 0.5) is 0 Å². The molecule has 0 amide bonds. The van der Waals surface area contributed by atoms with Crippen LogP contribution in [0.5, 0.6) is 0 Å². The van der Waals surface area contributed by atoms with E-state index in [0.717, 1.165) is 16.5 Å². The van der Waals surface area contributed by atoms with Gasteiger partial charge in [-0.2, -0.15) is 0 Å². The smallest absolute Gasteiger partial charge is 0.276 e. The van der Waals surface area contributed by atoms with Gasteiger partial charge in [-0.25, -0.2) is 8.42 Å². The fraction of sp³-hybridized carbons (Fsp3) is 0.353. The molecule has 0 aliphatic carbocycles. The zero-order valence-electron chi connectivity index (χ0n) is 13.8. The van der Waals surface area contributed by atoms with Crippen molar-refractivity contribution in [2.75, 3.05) is 11.5 Å². The summed E-state index contributed by atoms with van der Waals surface area (Å²) in [5.41, 5.74) is 1.90. The molecule has 1 saturated heterocycles. The summed E-state index contributed by atoms with van der Waals surface area (Å²) in [6, 6.07) is 7.62. The summed E-state index contributed by atoms with van der Waals surface area (Å²) < 4.78 is 28.8. The van der Waals surface area contributed by atoms with Gasteiger partial charge in [0.15, 0.2) is 9.84 Å². The summed E-state index contributed by atoms with van der Waals surface area (Å²) >= 11 is 7.65. The van der Waals surface area contributed by atoms with Gasteiger partial charge in [-0.1, -0.05) is 29.4 Å². The first kappa shape index (κ1) is 17.8. The normalized spacial score (nSPS) is 19.2. The van der Waals surface area contributed by atoms with E-state index < -0.39 is 9.84 Å². The first-order valence-corrected chi connectivity index (χ1v) is 11.4. The maximum Gasteiger partial charge on any atom is 0.276 e. The molecule has 3 aromatic rings. The van der Waals surface area contributed by atoms with E-state index in [1.807, 2.05) is 24.3 Å². The van der Waals surface area contributed by atoms with E-state index in [-0.39, 0.29) is 17.4 Å². The Labute approximate surface area is 160 Å². The van der Waals surface area contributed by atoms with Crippen LogP contribution in [-0.4, -0.2) is 35.1 Å². The molecule has 9 heteroatoms. The van der Waals surface area contributed by atoms with E-state index in [0.29, 0.717) is 34.7 Å². The standard InChI is InChI=1S/C17H16ClN3O3S2/c18-14-4-3-12(16-13(14)2-1-6-19-16)9-25-17-21-20-15(24-17)8-11-5-7-26(22,23)10-11/h1-4,6,11H,5,7-10H2. The summed E-state index contributed by atoms with van der Waals surface area (Å²) in [5.74, 6) is 1.66. The molecule has 0 spiro atoms. The minimum absolute atomic E-state index is 0.0720. The summed E-state index contributed by atoms with van der Waals surface area (Å²) in [5, 5.41) is 10.2. The first-order valence-electron chi connectivity index (χ1n) is 8.18. The molecule has 136 valence electrons. The van der Waals surface area contributed by atoms with Crippen LogP contribution >= 0.6 is 23.4 Å². The van der Waals surface area contributed by atoms with Crippen LogP contribution in [0.2, 0.25) is 5.02 Å². The average Bonchev–Trinajstić information content (AvgIpc) is 3.21. The van der Waals surface area contributed by atoms with Gasteiger partial charge in [0.25, 0.3) is 5.22 Å². The van der Waals surface area contributed by atoms with Gasteiger partial charge in [0, 0.05) is 28.8 Å². The van der Waals surface area contributed by atoms with Gasteiger partial charge in [0.1, 0.15) is 0 Å². The van der Waals surface area contributed by atoms with Crippen LogP contribution in [-0.2, 0) is 22.0 Å². The summed E-state index contributed by atoms with van der Waals surface area (Å²) in [6.07, 6.45) is 2.92. The molecule has 26 heavy (non-hydrogen) atoms.